The van der Waals surface area contributed by atoms with Crippen LogP contribution in [0.2, 0.25) is 5.02 Å². The summed E-state index contributed by atoms with van der Waals surface area (Å²) in [7, 11) is 0. The first kappa shape index (κ1) is 12.2. The van der Waals surface area contributed by atoms with Crippen molar-refractivity contribution in [3.05, 3.63) is 51.1 Å². The molecule has 0 saturated carbocycles. The van der Waals surface area contributed by atoms with Gasteiger partial charge >= 0.3 is 5.97 Å². The van der Waals surface area contributed by atoms with Gasteiger partial charge < -0.3 is 5.11 Å². The molecule has 16 heavy (non-hydrogen) atoms. The van der Waals surface area contributed by atoms with Crippen molar-refractivity contribution in [2.45, 2.75) is 6.42 Å². The first-order valence-electron chi connectivity index (χ1n) is 4.29. The number of carboxylic acids is 1. The molecule has 0 aliphatic carbocycles. The minimum absolute atomic E-state index is 0.149. The van der Waals surface area contributed by atoms with E-state index in [0.29, 0.717) is 0 Å². The molecule has 0 radical (unpaired) electrons. The van der Waals surface area contributed by atoms with Gasteiger partial charge in [0.1, 0.15) is 5.56 Å². The largest absolute Gasteiger partial charge is 0.477 e. The van der Waals surface area contributed by atoms with Gasteiger partial charge in [-0.2, -0.15) is 0 Å². The Labute approximate surface area is 96.1 Å². The van der Waals surface area contributed by atoms with Crippen LogP contribution in [-0.4, -0.2) is 16.0 Å². The van der Waals surface area contributed by atoms with Gasteiger partial charge in [0, 0.05) is 0 Å². The number of nitrogens with zero attached hydrogens (tertiary/aromatic N) is 1. The van der Waals surface area contributed by atoms with Gasteiger partial charge in [-0.3, -0.25) is 10.1 Å². The molecule has 84 valence electrons. The Balaban J connectivity index is 3.55. The van der Waals surface area contributed by atoms with Gasteiger partial charge in [-0.1, -0.05) is 17.7 Å². The molecule has 1 N–H and O–H groups in total. The maximum absolute atomic E-state index is 10.8. The lowest BCUT2D eigenvalue weighted by Crippen LogP contribution is -2.06. The number of nitro benzene ring substituents is 1. The van der Waals surface area contributed by atoms with E-state index in [9.17, 15) is 14.9 Å². The number of aromatic carboxylic acids is 1. The highest BCUT2D eigenvalue weighted by Crippen LogP contribution is 2.30. The third-order valence-electron chi connectivity index (χ3n) is 1.99. The van der Waals surface area contributed by atoms with Crippen molar-refractivity contribution < 1.29 is 14.8 Å². The molecule has 5 nitrogen and oxygen atoms in total. The minimum Gasteiger partial charge on any atom is -0.477 e. The molecule has 0 amide bonds. The lowest BCUT2D eigenvalue weighted by molar-refractivity contribution is -0.385. The van der Waals surface area contributed by atoms with E-state index in [1.807, 2.05) is 0 Å². The second-order valence-electron chi connectivity index (χ2n) is 2.98. The summed E-state index contributed by atoms with van der Waals surface area (Å²) in [4.78, 5) is 20.9. The normalized spacial score (nSPS) is 9.81. The van der Waals surface area contributed by atoms with Gasteiger partial charge in [-0.25, -0.2) is 4.79 Å². The molecule has 0 fully saturated rings. The molecule has 0 saturated heterocycles. The first-order chi connectivity index (χ1) is 7.49. The molecule has 0 aliphatic heterocycles. The number of carbonyl (C=O) groups is 1. The number of nitro groups is 1. The van der Waals surface area contributed by atoms with Crippen LogP contribution in [-0.2, 0) is 6.42 Å². The second-order valence-corrected chi connectivity index (χ2v) is 3.38. The fourth-order valence-corrected chi connectivity index (χ4v) is 1.56. The zero-order valence-corrected chi connectivity index (χ0v) is 8.90. The summed E-state index contributed by atoms with van der Waals surface area (Å²) in [5.41, 5.74) is -0.673. The molecule has 0 aliphatic rings. The molecule has 0 aromatic heterocycles. The Morgan fingerprint density at radius 3 is 2.69 bits per heavy atom. The summed E-state index contributed by atoms with van der Waals surface area (Å²) < 4.78 is 0. The van der Waals surface area contributed by atoms with Gasteiger partial charge in [0.25, 0.3) is 5.69 Å². The quantitative estimate of drug-likeness (QED) is 0.499. The van der Waals surface area contributed by atoms with Crippen LogP contribution in [0.1, 0.15) is 15.9 Å². The van der Waals surface area contributed by atoms with Gasteiger partial charge in [0.2, 0.25) is 0 Å². The summed E-state index contributed by atoms with van der Waals surface area (Å²) >= 11 is 5.78. The summed E-state index contributed by atoms with van der Waals surface area (Å²) in [6, 6.07) is 2.45. The fourth-order valence-electron chi connectivity index (χ4n) is 1.33. The van der Waals surface area contributed by atoms with E-state index in [-0.39, 0.29) is 22.6 Å². The topological polar surface area (TPSA) is 80.4 Å². The molecule has 0 atom stereocenters. The summed E-state index contributed by atoms with van der Waals surface area (Å²) in [5, 5.41) is 19.8. The Kier molecular flexibility index (Phi) is 3.63. The van der Waals surface area contributed by atoms with Crippen molar-refractivity contribution in [1.82, 2.24) is 0 Å². The molecular formula is C10H8ClNO4. The monoisotopic (exact) mass is 241 g/mol. The summed E-state index contributed by atoms with van der Waals surface area (Å²) in [6.45, 7) is 3.44. The van der Waals surface area contributed by atoms with Crippen LogP contribution in [0.4, 0.5) is 5.69 Å². The van der Waals surface area contributed by atoms with Crippen molar-refractivity contribution in [3.63, 3.8) is 0 Å². The average Bonchev–Trinajstić information content (AvgIpc) is 2.20. The Bertz CT molecular complexity index is 470. The maximum atomic E-state index is 10.8. The van der Waals surface area contributed by atoms with Crippen molar-refractivity contribution in [2.75, 3.05) is 0 Å². The molecule has 6 heteroatoms. The lowest BCUT2D eigenvalue weighted by Gasteiger charge is -2.05. The zero-order valence-electron chi connectivity index (χ0n) is 8.14. The number of hydrogen-bond acceptors (Lipinski definition) is 3. The number of carboxylic acid groups (broad SMARTS) is 1. The Hall–Kier alpha value is -1.88. The van der Waals surface area contributed by atoms with Crippen LogP contribution in [0.3, 0.4) is 0 Å². The van der Waals surface area contributed by atoms with E-state index in [1.54, 1.807) is 0 Å². The molecule has 1 aromatic rings. The van der Waals surface area contributed by atoms with Gasteiger partial charge in [0.15, 0.2) is 0 Å². The fraction of sp³-hybridized carbons (Fsp3) is 0.100. The lowest BCUT2D eigenvalue weighted by atomic mass is 10.0. The minimum atomic E-state index is -1.35. The smallest absolute Gasteiger partial charge is 0.342 e. The highest BCUT2D eigenvalue weighted by molar-refractivity contribution is 6.31. The molecule has 0 bridgehead atoms. The number of hydrogen-bond donors (Lipinski definition) is 1. The maximum Gasteiger partial charge on any atom is 0.342 e. The van der Waals surface area contributed by atoms with Crippen molar-refractivity contribution in [2.24, 2.45) is 0 Å². The van der Waals surface area contributed by atoms with Crippen LogP contribution < -0.4 is 0 Å². The van der Waals surface area contributed by atoms with Gasteiger partial charge in [-0.15, -0.1) is 6.58 Å². The number of rotatable bonds is 4. The predicted octanol–water partition coefficient (Wildman–Crippen LogP) is 2.67. The van der Waals surface area contributed by atoms with E-state index in [4.69, 9.17) is 16.7 Å². The highest BCUT2D eigenvalue weighted by atomic mass is 35.5. The molecular weight excluding hydrogens is 234 g/mol. The van der Waals surface area contributed by atoms with Gasteiger partial charge in [-0.05, 0) is 18.6 Å². The highest BCUT2D eigenvalue weighted by Gasteiger charge is 2.25. The predicted molar refractivity (Wildman–Crippen MR) is 59.0 cm³/mol. The standard InChI is InChI=1S/C10H8ClNO4/c1-2-3-6-8(11)5-4-7(10(13)14)9(6)12(15)16/h2,4-5H,1,3H2,(H,13,14). The van der Waals surface area contributed by atoms with Gasteiger partial charge in [0.05, 0.1) is 15.5 Å². The van der Waals surface area contributed by atoms with Crippen LogP contribution in [0, 0.1) is 10.1 Å². The molecule has 0 heterocycles. The van der Waals surface area contributed by atoms with Crippen molar-refractivity contribution in [3.8, 4) is 0 Å². The van der Waals surface area contributed by atoms with Crippen LogP contribution >= 0.6 is 11.6 Å². The number of benzene rings is 1. The number of halogens is 1. The van der Waals surface area contributed by atoms with E-state index < -0.39 is 16.6 Å². The summed E-state index contributed by atoms with van der Waals surface area (Å²) in [5.74, 6) is -1.35. The van der Waals surface area contributed by atoms with Crippen molar-refractivity contribution >= 4 is 23.3 Å². The van der Waals surface area contributed by atoms with Crippen LogP contribution in [0.5, 0.6) is 0 Å². The van der Waals surface area contributed by atoms with Crippen molar-refractivity contribution in [1.29, 1.82) is 0 Å². The van der Waals surface area contributed by atoms with E-state index >= 15 is 0 Å². The van der Waals surface area contributed by atoms with E-state index in [0.717, 1.165) is 6.07 Å². The zero-order chi connectivity index (χ0) is 12.3. The third-order valence-corrected chi connectivity index (χ3v) is 2.34. The number of allylic oxidation sites excluding steroid dienone is 1. The molecule has 0 unspecified atom stereocenters. The Morgan fingerprint density at radius 2 is 2.25 bits per heavy atom. The van der Waals surface area contributed by atoms with Crippen LogP contribution in [0.25, 0.3) is 0 Å². The SMILES string of the molecule is C=CCc1c(Cl)ccc(C(=O)O)c1[N+](=O)[O-]. The van der Waals surface area contributed by atoms with Crippen LogP contribution in [0.15, 0.2) is 24.8 Å². The molecule has 0 spiro atoms. The Morgan fingerprint density at radius 1 is 1.62 bits per heavy atom. The van der Waals surface area contributed by atoms with E-state index in [1.165, 1.54) is 12.1 Å². The second kappa shape index (κ2) is 4.76. The first-order valence-corrected chi connectivity index (χ1v) is 4.66. The summed E-state index contributed by atoms with van der Waals surface area (Å²) in [6.07, 6.45) is 1.58. The molecule has 1 rings (SSSR count). The molecule has 1 aromatic carbocycles. The third kappa shape index (κ3) is 2.20. The van der Waals surface area contributed by atoms with E-state index in [2.05, 4.69) is 6.58 Å². The average molecular weight is 242 g/mol.